The van der Waals surface area contributed by atoms with Crippen LogP contribution in [-0.2, 0) is 6.42 Å². The van der Waals surface area contributed by atoms with Crippen LogP contribution in [0.1, 0.15) is 12.5 Å². The Balaban J connectivity index is 2.18. The molecule has 0 aliphatic rings. The molecule has 0 bridgehead atoms. The Bertz CT molecular complexity index is 323. The molecule has 0 heterocycles. The second-order valence-electron chi connectivity index (χ2n) is 4.05. The summed E-state index contributed by atoms with van der Waals surface area (Å²) in [6, 6.07) is 8.58. The van der Waals surface area contributed by atoms with Gasteiger partial charge < -0.3 is 5.32 Å². The summed E-state index contributed by atoms with van der Waals surface area (Å²) in [4.78, 5) is 0. The predicted octanol–water partition coefficient (Wildman–Crippen LogP) is 3.78. The summed E-state index contributed by atoms with van der Waals surface area (Å²) in [5.74, 6) is 2.17. The molecular formula is C14H20ClNS. The topological polar surface area (TPSA) is 12.0 Å². The smallest absolute Gasteiger partial charge is 0.0406 e. The van der Waals surface area contributed by atoms with Crippen molar-refractivity contribution in [3.8, 4) is 0 Å². The van der Waals surface area contributed by atoms with E-state index in [2.05, 4.69) is 31.0 Å². The van der Waals surface area contributed by atoms with Gasteiger partial charge in [-0.15, -0.1) is 6.58 Å². The third kappa shape index (κ3) is 6.77. The summed E-state index contributed by atoms with van der Waals surface area (Å²) in [6.07, 6.45) is 2.99. The second kappa shape index (κ2) is 8.62. The van der Waals surface area contributed by atoms with E-state index in [1.54, 1.807) is 0 Å². The minimum atomic E-state index is 0.500. The number of nitrogens with one attached hydrogen (secondary N) is 1. The Morgan fingerprint density at radius 1 is 1.41 bits per heavy atom. The number of rotatable bonds is 8. The van der Waals surface area contributed by atoms with Crippen molar-refractivity contribution in [1.82, 2.24) is 5.32 Å². The molecule has 0 fully saturated rings. The van der Waals surface area contributed by atoms with E-state index < -0.39 is 0 Å². The fourth-order valence-electron chi connectivity index (χ4n) is 1.59. The minimum absolute atomic E-state index is 0.500. The van der Waals surface area contributed by atoms with Crippen LogP contribution in [0.5, 0.6) is 0 Å². The molecule has 0 amide bonds. The average Bonchev–Trinajstić information content (AvgIpc) is 2.32. The highest BCUT2D eigenvalue weighted by molar-refractivity contribution is 7.99. The lowest BCUT2D eigenvalue weighted by molar-refractivity contribution is 0.568. The highest BCUT2D eigenvalue weighted by atomic mass is 35.5. The number of halogens is 1. The summed E-state index contributed by atoms with van der Waals surface area (Å²) in [5, 5.41) is 4.32. The van der Waals surface area contributed by atoms with Crippen LogP contribution < -0.4 is 5.32 Å². The van der Waals surface area contributed by atoms with Gasteiger partial charge in [0.05, 0.1) is 0 Å². The number of benzene rings is 1. The van der Waals surface area contributed by atoms with Gasteiger partial charge in [-0.2, -0.15) is 11.8 Å². The van der Waals surface area contributed by atoms with Crippen molar-refractivity contribution in [2.75, 3.05) is 18.1 Å². The van der Waals surface area contributed by atoms with Gasteiger partial charge in [0, 0.05) is 29.1 Å². The fraction of sp³-hybridized carbons (Fsp3) is 0.429. The van der Waals surface area contributed by atoms with E-state index in [4.69, 9.17) is 11.6 Å². The van der Waals surface area contributed by atoms with E-state index in [9.17, 15) is 0 Å². The maximum absolute atomic E-state index is 5.85. The van der Waals surface area contributed by atoms with Crippen molar-refractivity contribution in [2.24, 2.45) is 0 Å². The lowest BCUT2D eigenvalue weighted by Gasteiger charge is -2.13. The molecule has 1 atom stereocenters. The van der Waals surface area contributed by atoms with Gasteiger partial charge in [-0.05, 0) is 31.0 Å². The highest BCUT2D eigenvalue weighted by Gasteiger charge is 2.02. The summed E-state index contributed by atoms with van der Waals surface area (Å²) >= 11 is 7.76. The summed E-state index contributed by atoms with van der Waals surface area (Å²) in [7, 11) is 0. The van der Waals surface area contributed by atoms with Gasteiger partial charge in [-0.3, -0.25) is 0 Å². The lowest BCUT2D eigenvalue weighted by Crippen LogP contribution is -2.30. The first-order valence-corrected chi connectivity index (χ1v) is 7.42. The van der Waals surface area contributed by atoms with Crippen LogP contribution in [0.3, 0.4) is 0 Å². The van der Waals surface area contributed by atoms with Crippen LogP contribution in [0.25, 0.3) is 0 Å². The normalized spacial score (nSPS) is 12.4. The molecule has 0 saturated heterocycles. The summed E-state index contributed by atoms with van der Waals surface area (Å²) in [5.41, 5.74) is 1.33. The van der Waals surface area contributed by atoms with E-state index in [1.165, 1.54) is 5.56 Å². The SMILES string of the molecule is C=CCSCCNC(C)Cc1ccc(Cl)cc1. The third-order valence-corrected chi connectivity index (χ3v) is 3.65. The molecule has 0 radical (unpaired) electrons. The molecule has 0 aromatic heterocycles. The zero-order chi connectivity index (χ0) is 12.5. The molecule has 0 aliphatic heterocycles. The third-order valence-electron chi connectivity index (χ3n) is 2.43. The maximum atomic E-state index is 5.85. The zero-order valence-corrected chi connectivity index (χ0v) is 11.9. The molecule has 3 heteroatoms. The second-order valence-corrected chi connectivity index (χ2v) is 5.64. The van der Waals surface area contributed by atoms with Gasteiger partial charge in [0.1, 0.15) is 0 Å². The van der Waals surface area contributed by atoms with Crippen LogP contribution in [0, 0.1) is 0 Å². The molecule has 1 nitrogen and oxygen atoms in total. The molecule has 1 N–H and O–H groups in total. The molecule has 0 spiro atoms. The Morgan fingerprint density at radius 3 is 2.76 bits per heavy atom. The van der Waals surface area contributed by atoms with E-state index in [1.807, 2.05) is 30.0 Å². The van der Waals surface area contributed by atoms with Crippen LogP contribution in [0.15, 0.2) is 36.9 Å². The van der Waals surface area contributed by atoms with Crippen molar-refractivity contribution in [1.29, 1.82) is 0 Å². The maximum Gasteiger partial charge on any atom is 0.0406 e. The molecule has 1 rings (SSSR count). The van der Waals surface area contributed by atoms with Crippen LogP contribution in [0.2, 0.25) is 5.02 Å². The average molecular weight is 270 g/mol. The first kappa shape index (κ1) is 14.6. The molecule has 1 aromatic rings. The monoisotopic (exact) mass is 269 g/mol. The van der Waals surface area contributed by atoms with Gasteiger partial charge in [0.15, 0.2) is 0 Å². The number of hydrogen-bond donors (Lipinski definition) is 1. The first-order chi connectivity index (χ1) is 8.22. The Labute approximate surface area is 114 Å². The van der Waals surface area contributed by atoms with Crippen molar-refractivity contribution in [3.63, 3.8) is 0 Å². The highest BCUT2D eigenvalue weighted by Crippen LogP contribution is 2.11. The van der Waals surface area contributed by atoms with Gasteiger partial charge in [-0.25, -0.2) is 0 Å². The van der Waals surface area contributed by atoms with Crippen molar-refractivity contribution < 1.29 is 0 Å². The first-order valence-electron chi connectivity index (χ1n) is 5.89. The predicted molar refractivity (Wildman–Crippen MR) is 80.1 cm³/mol. The minimum Gasteiger partial charge on any atom is -0.313 e. The lowest BCUT2D eigenvalue weighted by atomic mass is 10.1. The summed E-state index contributed by atoms with van der Waals surface area (Å²) < 4.78 is 0. The summed E-state index contributed by atoms with van der Waals surface area (Å²) in [6.45, 7) is 6.97. The molecule has 94 valence electrons. The van der Waals surface area contributed by atoms with Crippen molar-refractivity contribution in [3.05, 3.63) is 47.5 Å². The van der Waals surface area contributed by atoms with Gasteiger partial charge >= 0.3 is 0 Å². The molecule has 1 unspecified atom stereocenters. The standard InChI is InChI=1S/C14H20ClNS/c1-3-9-17-10-8-16-12(2)11-13-4-6-14(15)7-5-13/h3-7,12,16H,1,8-11H2,2H3. The van der Waals surface area contributed by atoms with Crippen LogP contribution >= 0.6 is 23.4 Å². The van der Waals surface area contributed by atoms with Gasteiger partial charge in [0.2, 0.25) is 0 Å². The molecule has 17 heavy (non-hydrogen) atoms. The molecule has 0 aliphatic carbocycles. The van der Waals surface area contributed by atoms with Crippen LogP contribution in [-0.4, -0.2) is 24.1 Å². The quantitative estimate of drug-likeness (QED) is 0.569. The van der Waals surface area contributed by atoms with Crippen LogP contribution in [0.4, 0.5) is 0 Å². The van der Waals surface area contributed by atoms with E-state index in [0.29, 0.717) is 6.04 Å². The van der Waals surface area contributed by atoms with Gasteiger partial charge in [0.25, 0.3) is 0 Å². The Morgan fingerprint density at radius 2 is 2.12 bits per heavy atom. The van der Waals surface area contributed by atoms with E-state index in [-0.39, 0.29) is 0 Å². The molecule has 1 aromatic carbocycles. The fourth-order valence-corrected chi connectivity index (χ4v) is 2.31. The zero-order valence-electron chi connectivity index (χ0n) is 10.3. The Kier molecular flexibility index (Phi) is 7.41. The number of thioether (sulfide) groups is 1. The number of hydrogen-bond acceptors (Lipinski definition) is 2. The Hall–Kier alpha value is -0.440. The molecule has 0 saturated carbocycles. The van der Waals surface area contributed by atoms with Crippen molar-refractivity contribution >= 4 is 23.4 Å². The largest absolute Gasteiger partial charge is 0.313 e. The molecular weight excluding hydrogens is 250 g/mol. The van der Waals surface area contributed by atoms with E-state index >= 15 is 0 Å². The van der Waals surface area contributed by atoms with E-state index in [0.717, 1.165) is 29.5 Å². The van der Waals surface area contributed by atoms with Crippen molar-refractivity contribution in [2.45, 2.75) is 19.4 Å². The van der Waals surface area contributed by atoms with Gasteiger partial charge in [-0.1, -0.05) is 29.8 Å².